The summed E-state index contributed by atoms with van der Waals surface area (Å²) in [5.41, 5.74) is 1.34. The Hall–Kier alpha value is -2.87. The van der Waals surface area contributed by atoms with Gasteiger partial charge in [-0.1, -0.05) is 43.2 Å². The van der Waals surface area contributed by atoms with Gasteiger partial charge in [0.15, 0.2) is 16.1 Å². The molecule has 1 unspecified atom stereocenters. The van der Waals surface area contributed by atoms with Crippen LogP contribution in [-0.4, -0.2) is 44.3 Å². The van der Waals surface area contributed by atoms with Crippen LogP contribution >= 0.6 is 0 Å². The fourth-order valence-corrected chi connectivity index (χ4v) is 4.01. The molecule has 3 amide bonds. The molecule has 0 spiro atoms. The lowest BCUT2D eigenvalue weighted by Crippen LogP contribution is -2.61. The average Bonchev–Trinajstić information content (AvgIpc) is 2.73. The largest absolute Gasteiger partial charge is 0.469 e. The highest BCUT2D eigenvalue weighted by Gasteiger charge is 2.42. The molecule has 8 heteroatoms. The first-order valence-electron chi connectivity index (χ1n) is 10.5. The van der Waals surface area contributed by atoms with Gasteiger partial charge >= 0.3 is 6.03 Å². The van der Waals surface area contributed by atoms with E-state index in [0.717, 1.165) is 43.3 Å². The van der Waals surface area contributed by atoms with Crippen LogP contribution in [0.4, 0.5) is 4.79 Å². The summed E-state index contributed by atoms with van der Waals surface area (Å²) in [6, 6.07) is 15.8. The van der Waals surface area contributed by atoms with Gasteiger partial charge in [0, 0.05) is 12.8 Å². The van der Waals surface area contributed by atoms with E-state index in [4.69, 9.17) is 4.74 Å². The molecule has 3 rings (SSSR count). The number of β-lactam (4-membered cyclic amide) rings is 1. The molecule has 0 saturated carbocycles. The quantitative estimate of drug-likeness (QED) is 0.447. The van der Waals surface area contributed by atoms with Crippen LogP contribution in [0.2, 0.25) is 0 Å². The first kappa shape index (κ1) is 22.8. The highest BCUT2D eigenvalue weighted by atomic mass is 32.2. The van der Waals surface area contributed by atoms with Gasteiger partial charge in [0.25, 0.3) is 0 Å². The van der Waals surface area contributed by atoms with Gasteiger partial charge in [-0.15, -0.1) is 0 Å². The van der Waals surface area contributed by atoms with Crippen molar-refractivity contribution in [1.29, 1.82) is 0 Å². The Labute approximate surface area is 183 Å². The van der Waals surface area contributed by atoms with Gasteiger partial charge in [0.05, 0.1) is 11.3 Å². The normalized spacial score (nSPS) is 16.0. The number of sulfone groups is 1. The van der Waals surface area contributed by atoms with Crippen molar-refractivity contribution in [3.05, 3.63) is 60.2 Å². The molecular weight excluding hydrogens is 416 g/mol. The van der Waals surface area contributed by atoms with Crippen molar-refractivity contribution in [2.24, 2.45) is 0 Å². The molecule has 1 aliphatic rings. The van der Waals surface area contributed by atoms with Crippen LogP contribution in [-0.2, 0) is 21.1 Å². The van der Waals surface area contributed by atoms with E-state index in [1.54, 1.807) is 0 Å². The molecule has 2 aromatic carbocycles. The molecule has 0 bridgehead atoms. The summed E-state index contributed by atoms with van der Waals surface area (Å²) in [6.07, 6.45) is 5.67. The molecule has 1 aliphatic heterocycles. The van der Waals surface area contributed by atoms with Crippen LogP contribution < -0.4 is 10.1 Å². The molecule has 2 aromatic rings. The molecule has 0 aromatic heterocycles. The third kappa shape index (κ3) is 6.55. The zero-order chi connectivity index (χ0) is 22.3. The van der Waals surface area contributed by atoms with Gasteiger partial charge in [-0.05, 0) is 49.1 Å². The number of nitrogens with zero attached hydrogens (tertiary/aromatic N) is 1. The minimum Gasteiger partial charge on any atom is -0.469 e. The van der Waals surface area contributed by atoms with E-state index in [1.165, 1.54) is 29.8 Å². The van der Waals surface area contributed by atoms with Gasteiger partial charge in [0.1, 0.15) is 5.75 Å². The average molecular weight is 445 g/mol. The van der Waals surface area contributed by atoms with Crippen LogP contribution in [0.1, 0.15) is 37.7 Å². The number of carbonyl (C=O) groups is 2. The lowest BCUT2D eigenvalue weighted by atomic mass is 10.1. The van der Waals surface area contributed by atoms with Crippen LogP contribution in [0.5, 0.6) is 5.75 Å². The second kappa shape index (κ2) is 10.4. The Morgan fingerprint density at radius 3 is 2.35 bits per heavy atom. The van der Waals surface area contributed by atoms with Gasteiger partial charge in [-0.2, -0.15) is 0 Å². The summed E-state index contributed by atoms with van der Waals surface area (Å²) in [5.74, 6) is 0.110. The molecule has 31 heavy (non-hydrogen) atoms. The standard InChI is InChI=1S/C23H28N2O5S/c1-31(28,29)20-14-12-19(13-15-20)30-22-17-21(26)25(22)23(27)24-16-8-3-2-5-9-18-10-6-4-7-11-18/h4,6-7,10-15,22H,2-3,5,8-9,16-17H2,1H3,(H,24,27). The number of aryl methyl sites for hydroxylation is 1. The number of hydrogen-bond donors (Lipinski definition) is 1. The van der Waals surface area contributed by atoms with Crippen molar-refractivity contribution in [3.63, 3.8) is 0 Å². The lowest BCUT2D eigenvalue weighted by Gasteiger charge is -2.37. The molecular formula is C23H28N2O5S. The highest BCUT2D eigenvalue weighted by Crippen LogP contribution is 2.25. The monoisotopic (exact) mass is 444 g/mol. The summed E-state index contributed by atoms with van der Waals surface area (Å²) in [5, 5.41) is 2.78. The number of benzene rings is 2. The third-order valence-electron chi connectivity index (χ3n) is 5.16. The maximum atomic E-state index is 12.3. The highest BCUT2D eigenvalue weighted by molar-refractivity contribution is 7.90. The summed E-state index contributed by atoms with van der Waals surface area (Å²) >= 11 is 0. The van der Waals surface area contributed by atoms with E-state index in [1.807, 2.05) is 18.2 Å². The minimum atomic E-state index is -3.29. The number of likely N-dealkylation sites (tertiary alicyclic amines) is 1. The second-order valence-electron chi connectivity index (χ2n) is 7.67. The van der Waals surface area contributed by atoms with Gasteiger partial charge < -0.3 is 10.1 Å². The molecule has 166 valence electrons. The van der Waals surface area contributed by atoms with E-state index in [-0.39, 0.29) is 17.2 Å². The zero-order valence-electron chi connectivity index (χ0n) is 17.6. The molecule has 1 fully saturated rings. The number of unbranched alkanes of at least 4 members (excludes halogenated alkanes) is 3. The van der Waals surface area contributed by atoms with Crippen molar-refractivity contribution >= 4 is 21.8 Å². The Morgan fingerprint density at radius 1 is 1.03 bits per heavy atom. The first-order valence-corrected chi connectivity index (χ1v) is 12.3. The third-order valence-corrected chi connectivity index (χ3v) is 6.29. The van der Waals surface area contributed by atoms with E-state index in [9.17, 15) is 18.0 Å². The van der Waals surface area contributed by atoms with E-state index in [0.29, 0.717) is 12.3 Å². The Morgan fingerprint density at radius 2 is 1.71 bits per heavy atom. The fourth-order valence-electron chi connectivity index (χ4n) is 3.38. The Bertz CT molecular complexity index is 990. The number of ether oxygens (including phenoxy) is 1. The van der Waals surface area contributed by atoms with Crippen molar-refractivity contribution in [2.45, 2.75) is 49.6 Å². The topological polar surface area (TPSA) is 92.8 Å². The van der Waals surface area contributed by atoms with E-state index < -0.39 is 22.1 Å². The summed E-state index contributed by atoms with van der Waals surface area (Å²) in [7, 11) is -3.29. The molecule has 1 N–H and O–H groups in total. The molecule has 0 aliphatic carbocycles. The Kier molecular flexibility index (Phi) is 7.68. The fraction of sp³-hybridized carbons (Fsp3) is 0.391. The summed E-state index contributed by atoms with van der Waals surface area (Å²) in [6.45, 7) is 0.504. The number of urea groups is 1. The molecule has 0 radical (unpaired) electrons. The summed E-state index contributed by atoms with van der Waals surface area (Å²) < 4.78 is 28.7. The van der Waals surface area contributed by atoms with Gasteiger partial charge in [-0.25, -0.2) is 18.1 Å². The summed E-state index contributed by atoms with van der Waals surface area (Å²) in [4.78, 5) is 25.5. The Balaban J connectivity index is 1.36. The molecule has 1 saturated heterocycles. The molecule has 7 nitrogen and oxygen atoms in total. The number of nitrogens with one attached hydrogen (secondary N) is 1. The number of carbonyl (C=O) groups excluding carboxylic acids is 2. The zero-order valence-corrected chi connectivity index (χ0v) is 18.4. The first-order chi connectivity index (χ1) is 14.8. The smallest absolute Gasteiger partial charge is 0.327 e. The number of amides is 3. The van der Waals surface area contributed by atoms with Gasteiger partial charge in [0.2, 0.25) is 5.91 Å². The van der Waals surface area contributed by atoms with Crippen molar-refractivity contribution in [3.8, 4) is 5.75 Å². The van der Waals surface area contributed by atoms with E-state index in [2.05, 4.69) is 17.4 Å². The van der Waals surface area contributed by atoms with Gasteiger partial charge in [-0.3, -0.25) is 4.79 Å². The molecule has 1 atom stereocenters. The number of rotatable bonds is 10. The van der Waals surface area contributed by atoms with Crippen LogP contribution in [0.25, 0.3) is 0 Å². The number of imide groups is 1. The molecule has 1 heterocycles. The van der Waals surface area contributed by atoms with Crippen molar-refractivity contribution in [1.82, 2.24) is 10.2 Å². The van der Waals surface area contributed by atoms with Crippen molar-refractivity contribution in [2.75, 3.05) is 12.8 Å². The second-order valence-corrected chi connectivity index (χ2v) is 9.68. The maximum Gasteiger partial charge on any atom is 0.327 e. The SMILES string of the molecule is CS(=O)(=O)c1ccc(OC2CC(=O)N2C(=O)NCCCCCCc2ccccc2)cc1. The van der Waals surface area contributed by atoms with Crippen LogP contribution in [0, 0.1) is 0 Å². The minimum absolute atomic E-state index is 0.112. The van der Waals surface area contributed by atoms with Crippen LogP contribution in [0.15, 0.2) is 59.5 Å². The van der Waals surface area contributed by atoms with Crippen molar-refractivity contribution < 1.29 is 22.7 Å². The maximum absolute atomic E-state index is 12.3. The van der Waals surface area contributed by atoms with Crippen LogP contribution in [0.3, 0.4) is 0 Å². The van der Waals surface area contributed by atoms with E-state index >= 15 is 0 Å². The predicted octanol–water partition coefficient (Wildman–Crippen LogP) is 3.54. The number of hydrogen-bond acceptors (Lipinski definition) is 5. The lowest BCUT2D eigenvalue weighted by molar-refractivity contribution is -0.152. The predicted molar refractivity (Wildman–Crippen MR) is 117 cm³/mol.